The van der Waals surface area contributed by atoms with Crippen molar-refractivity contribution in [2.24, 2.45) is 0 Å². The zero-order valence-electron chi connectivity index (χ0n) is 15.3. The van der Waals surface area contributed by atoms with Crippen molar-refractivity contribution in [3.8, 4) is 0 Å². The number of nitrogens with zero attached hydrogens (tertiary/aromatic N) is 1. The third kappa shape index (κ3) is 3.57. The van der Waals surface area contributed by atoms with Crippen molar-refractivity contribution in [3.05, 3.63) is 58.6 Å². The molecule has 0 radical (unpaired) electrons. The summed E-state index contributed by atoms with van der Waals surface area (Å²) >= 11 is 0. The van der Waals surface area contributed by atoms with Crippen LogP contribution >= 0.6 is 0 Å². The molecular weight excluding hydrogens is 308 g/mol. The maximum Gasteiger partial charge on any atom is 0.0893 e. The molecule has 1 aliphatic heterocycles. The molecule has 0 bridgehead atoms. The van der Waals surface area contributed by atoms with Crippen LogP contribution in [-0.4, -0.2) is 23.7 Å². The summed E-state index contributed by atoms with van der Waals surface area (Å²) in [5.74, 6) is 0. The second-order valence-electron chi connectivity index (χ2n) is 7.63. The van der Waals surface area contributed by atoms with E-state index in [-0.39, 0.29) is 5.60 Å². The van der Waals surface area contributed by atoms with Crippen molar-refractivity contribution in [3.63, 3.8) is 0 Å². The summed E-state index contributed by atoms with van der Waals surface area (Å²) in [7, 11) is 1.85. The van der Waals surface area contributed by atoms with Gasteiger partial charge in [-0.3, -0.25) is 4.98 Å². The quantitative estimate of drug-likeness (QED) is 0.812. The molecule has 25 heavy (non-hydrogen) atoms. The minimum absolute atomic E-state index is 0.0499. The lowest BCUT2D eigenvalue weighted by atomic mass is 9.90. The Morgan fingerprint density at radius 2 is 2.16 bits per heavy atom. The fraction of sp³-hybridized carbons (Fsp3) is 0.500. The molecule has 0 amide bonds. The topological polar surface area (TPSA) is 34.1 Å². The van der Waals surface area contributed by atoms with E-state index in [4.69, 9.17) is 9.72 Å². The van der Waals surface area contributed by atoms with Gasteiger partial charge in [-0.15, -0.1) is 0 Å². The molecule has 1 aromatic heterocycles. The number of hydrogen-bond acceptors (Lipinski definition) is 3. The number of pyridine rings is 1. The summed E-state index contributed by atoms with van der Waals surface area (Å²) in [6.45, 7) is 2.20. The van der Waals surface area contributed by atoms with Gasteiger partial charge in [0.2, 0.25) is 0 Å². The monoisotopic (exact) mass is 336 g/mol. The van der Waals surface area contributed by atoms with Gasteiger partial charge in [-0.1, -0.05) is 23.8 Å². The van der Waals surface area contributed by atoms with E-state index in [9.17, 15) is 0 Å². The molecule has 1 atom stereocenters. The van der Waals surface area contributed by atoms with Gasteiger partial charge in [-0.2, -0.15) is 0 Å². The van der Waals surface area contributed by atoms with E-state index in [0.717, 1.165) is 32.1 Å². The Labute approximate surface area is 150 Å². The molecule has 0 aromatic carbocycles. The predicted octanol–water partition coefficient (Wildman–Crippen LogP) is 4.34. The summed E-state index contributed by atoms with van der Waals surface area (Å²) in [5.41, 5.74) is 6.93. The van der Waals surface area contributed by atoms with Crippen LogP contribution in [0, 0.1) is 0 Å². The van der Waals surface area contributed by atoms with Crippen LogP contribution < -0.4 is 5.32 Å². The maximum absolute atomic E-state index is 5.77. The van der Waals surface area contributed by atoms with Crippen molar-refractivity contribution in [2.45, 2.75) is 63.5 Å². The molecule has 0 saturated heterocycles. The van der Waals surface area contributed by atoms with Crippen LogP contribution in [0.4, 0.5) is 0 Å². The highest BCUT2D eigenvalue weighted by atomic mass is 16.5. The molecule has 3 aliphatic rings. The van der Waals surface area contributed by atoms with Crippen LogP contribution in [-0.2, 0) is 17.6 Å². The van der Waals surface area contributed by atoms with Crippen LogP contribution in [0.5, 0.6) is 0 Å². The first kappa shape index (κ1) is 16.6. The molecule has 1 unspecified atom stereocenters. The molecular formula is C22H28N2O. The molecule has 132 valence electrons. The Hall–Kier alpha value is -1.87. The highest BCUT2D eigenvalue weighted by Crippen LogP contribution is 2.48. The maximum atomic E-state index is 5.77. The van der Waals surface area contributed by atoms with Crippen molar-refractivity contribution < 1.29 is 4.74 Å². The molecule has 1 aromatic rings. The number of aryl methyl sites for hydroxylation is 2. The number of nitrogens with one attached hydrogen (secondary N) is 1. The van der Waals surface area contributed by atoms with Crippen LogP contribution in [0.2, 0.25) is 0 Å². The lowest BCUT2D eigenvalue weighted by molar-refractivity contribution is 0.109. The van der Waals surface area contributed by atoms with Crippen LogP contribution in [0.25, 0.3) is 6.08 Å². The SMILES string of the molecule is COC1(C2=Cc3cc(CCC4=CC(C)NC=CC4)cnc3CC2)CC1. The van der Waals surface area contributed by atoms with Gasteiger partial charge in [-0.05, 0) is 80.8 Å². The van der Waals surface area contributed by atoms with Gasteiger partial charge in [0.05, 0.1) is 5.60 Å². The number of allylic oxidation sites excluding steroid dienone is 2. The van der Waals surface area contributed by atoms with Crippen molar-refractivity contribution in [1.82, 2.24) is 10.3 Å². The van der Waals surface area contributed by atoms with Crippen LogP contribution in [0.1, 0.15) is 55.8 Å². The van der Waals surface area contributed by atoms with Gasteiger partial charge in [0.1, 0.15) is 0 Å². The first-order valence-electron chi connectivity index (χ1n) is 9.53. The van der Waals surface area contributed by atoms with Gasteiger partial charge >= 0.3 is 0 Å². The van der Waals surface area contributed by atoms with Crippen LogP contribution in [0.15, 0.2) is 41.8 Å². The first-order valence-corrected chi connectivity index (χ1v) is 9.53. The van der Waals surface area contributed by atoms with Crippen molar-refractivity contribution in [2.75, 3.05) is 7.11 Å². The molecule has 1 saturated carbocycles. The average molecular weight is 336 g/mol. The molecule has 1 fully saturated rings. The standard InChI is InChI=1S/C22H28N2O/c1-16-12-17(4-3-11-23-16)5-6-18-13-19-14-20(22(25-2)9-10-22)7-8-21(19)24-15-18/h3,11-16,23H,4-10H2,1-2H3. The van der Waals surface area contributed by atoms with E-state index < -0.39 is 0 Å². The smallest absolute Gasteiger partial charge is 0.0893 e. The fourth-order valence-corrected chi connectivity index (χ4v) is 4.06. The van der Waals surface area contributed by atoms with Gasteiger partial charge in [0.15, 0.2) is 0 Å². The summed E-state index contributed by atoms with van der Waals surface area (Å²) in [6.07, 6.45) is 18.8. The first-order chi connectivity index (χ1) is 12.2. The van der Waals surface area contributed by atoms with E-state index in [1.807, 2.05) is 7.11 Å². The molecule has 1 N–H and O–H groups in total. The predicted molar refractivity (Wildman–Crippen MR) is 102 cm³/mol. The third-order valence-corrected chi connectivity index (χ3v) is 5.78. The lowest BCUT2D eigenvalue weighted by Gasteiger charge is -2.23. The Balaban J connectivity index is 1.48. The van der Waals surface area contributed by atoms with Gasteiger partial charge in [0, 0.05) is 25.0 Å². The van der Waals surface area contributed by atoms with E-state index in [1.54, 1.807) is 0 Å². The zero-order chi connectivity index (χ0) is 17.3. The number of aromatic nitrogens is 1. The Morgan fingerprint density at radius 1 is 1.28 bits per heavy atom. The second kappa shape index (κ2) is 6.80. The summed E-state index contributed by atoms with van der Waals surface area (Å²) < 4.78 is 5.77. The van der Waals surface area contributed by atoms with Crippen molar-refractivity contribution in [1.29, 1.82) is 0 Å². The zero-order valence-corrected chi connectivity index (χ0v) is 15.3. The van der Waals surface area contributed by atoms with Crippen LogP contribution in [0.3, 0.4) is 0 Å². The third-order valence-electron chi connectivity index (χ3n) is 5.78. The molecule has 2 heterocycles. The van der Waals surface area contributed by atoms with E-state index in [1.165, 1.54) is 40.8 Å². The Kier molecular flexibility index (Phi) is 4.51. The van der Waals surface area contributed by atoms with Crippen molar-refractivity contribution >= 4 is 6.08 Å². The number of hydrogen-bond donors (Lipinski definition) is 1. The van der Waals surface area contributed by atoms with Gasteiger partial charge in [-0.25, -0.2) is 0 Å². The molecule has 2 aliphatic carbocycles. The van der Waals surface area contributed by atoms with E-state index in [0.29, 0.717) is 6.04 Å². The minimum Gasteiger partial charge on any atom is -0.385 e. The fourth-order valence-electron chi connectivity index (χ4n) is 4.06. The molecule has 0 spiro atoms. The second-order valence-corrected chi connectivity index (χ2v) is 7.63. The molecule has 3 nitrogen and oxygen atoms in total. The van der Waals surface area contributed by atoms with Gasteiger partial charge in [0.25, 0.3) is 0 Å². The molecule has 3 heteroatoms. The van der Waals surface area contributed by atoms with E-state index >= 15 is 0 Å². The summed E-state index contributed by atoms with van der Waals surface area (Å²) in [5, 5.41) is 3.36. The van der Waals surface area contributed by atoms with Gasteiger partial charge < -0.3 is 10.1 Å². The van der Waals surface area contributed by atoms with E-state index in [2.05, 4.69) is 48.9 Å². The lowest BCUT2D eigenvalue weighted by Crippen LogP contribution is -2.18. The number of rotatable bonds is 5. The Bertz CT molecular complexity index is 740. The number of methoxy groups -OCH3 is 1. The average Bonchev–Trinajstić information content (AvgIpc) is 3.45. The highest BCUT2D eigenvalue weighted by molar-refractivity contribution is 5.61. The number of ether oxygens (including phenoxy) is 1. The Morgan fingerprint density at radius 3 is 2.96 bits per heavy atom. The normalized spacial score (nSPS) is 23.8. The largest absolute Gasteiger partial charge is 0.385 e. The minimum atomic E-state index is 0.0499. The summed E-state index contributed by atoms with van der Waals surface area (Å²) in [4.78, 5) is 4.75. The summed E-state index contributed by atoms with van der Waals surface area (Å²) in [6, 6.07) is 2.77. The number of fused-ring (bicyclic) bond motifs is 1. The molecule has 4 rings (SSSR count). The highest BCUT2D eigenvalue weighted by Gasteiger charge is 2.46.